The SMILES string of the molecule is CN[C@@H](C)c1nc(Cl)c(Cl)c(Cl)c1Cl. The Bertz CT molecular complexity index is 354. The molecule has 0 aliphatic rings. The van der Waals surface area contributed by atoms with Crippen molar-refractivity contribution in [2.24, 2.45) is 0 Å². The molecule has 78 valence electrons. The van der Waals surface area contributed by atoms with Crippen LogP contribution in [0, 0.1) is 0 Å². The summed E-state index contributed by atoms with van der Waals surface area (Å²) >= 11 is 23.4. The van der Waals surface area contributed by atoms with E-state index in [0.717, 1.165) is 0 Å². The van der Waals surface area contributed by atoms with E-state index in [-0.39, 0.29) is 21.2 Å². The van der Waals surface area contributed by atoms with Crippen molar-refractivity contribution >= 4 is 46.4 Å². The van der Waals surface area contributed by atoms with Crippen LogP contribution in [0.3, 0.4) is 0 Å². The van der Waals surface area contributed by atoms with Gasteiger partial charge in [0.05, 0.1) is 20.8 Å². The van der Waals surface area contributed by atoms with Crippen LogP contribution in [-0.4, -0.2) is 12.0 Å². The molecule has 14 heavy (non-hydrogen) atoms. The lowest BCUT2D eigenvalue weighted by molar-refractivity contribution is 0.633. The molecule has 1 N–H and O–H groups in total. The van der Waals surface area contributed by atoms with Crippen molar-refractivity contribution in [3.63, 3.8) is 0 Å². The molecule has 1 atom stereocenters. The van der Waals surface area contributed by atoms with Crippen LogP contribution in [0.1, 0.15) is 18.7 Å². The number of nitrogens with zero attached hydrogens (tertiary/aromatic N) is 1. The second kappa shape index (κ2) is 4.86. The molecule has 6 heteroatoms. The molecule has 0 bridgehead atoms. The Kier molecular flexibility index (Phi) is 4.29. The van der Waals surface area contributed by atoms with Gasteiger partial charge in [0.1, 0.15) is 5.15 Å². The van der Waals surface area contributed by atoms with Crippen LogP contribution in [0.2, 0.25) is 20.2 Å². The molecule has 0 radical (unpaired) electrons. The first-order chi connectivity index (χ1) is 6.49. The number of nitrogens with one attached hydrogen (secondary N) is 1. The molecule has 0 aliphatic carbocycles. The third-order valence-corrected chi connectivity index (χ3v) is 3.55. The standard InChI is InChI=1S/C8H8Cl4N2/c1-3(13-2)7-5(10)4(9)6(11)8(12)14-7/h3,13H,1-2H3/t3-/m0/s1. The molecule has 1 rings (SSSR count). The molecule has 1 aromatic rings. The van der Waals surface area contributed by atoms with Crippen LogP contribution in [0.25, 0.3) is 0 Å². The summed E-state index contributed by atoms with van der Waals surface area (Å²) in [6.07, 6.45) is 0. The molecular weight excluding hydrogens is 266 g/mol. The van der Waals surface area contributed by atoms with Gasteiger partial charge in [-0.15, -0.1) is 0 Å². The largest absolute Gasteiger partial charge is 0.312 e. The van der Waals surface area contributed by atoms with Crippen molar-refractivity contribution in [2.45, 2.75) is 13.0 Å². The highest BCUT2D eigenvalue weighted by Crippen LogP contribution is 2.37. The summed E-state index contributed by atoms with van der Waals surface area (Å²) in [5.74, 6) is 0. The fraction of sp³-hybridized carbons (Fsp3) is 0.375. The fourth-order valence-corrected chi connectivity index (χ4v) is 1.83. The molecule has 0 amide bonds. The topological polar surface area (TPSA) is 24.9 Å². The van der Waals surface area contributed by atoms with Gasteiger partial charge < -0.3 is 5.32 Å². The normalized spacial score (nSPS) is 13.0. The maximum atomic E-state index is 5.97. The van der Waals surface area contributed by atoms with E-state index in [4.69, 9.17) is 46.4 Å². The highest BCUT2D eigenvalue weighted by Gasteiger charge is 2.17. The molecule has 0 aromatic carbocycles. The van der Waals surface area contributed by atoms with Crippen LogP contribution in [0.5, 0.6) is 0 Å². The van der Waals surface area contributed by atoms with Crippen molar-refractivity contribution in [1.82, 2.24) is 10.3 Å². The van der Waals surface area contributed by atoms with Crippen LogP contribution < -0.4 is 5.32 Å². The molecule has 0 spiro atoms. The van der Waals surface area contributed by atoms with Gasteiger partial charge in [0, 0.05) is 6.04 Å². The van der Waals surface area contributed by atoms with Crippen LogP contribution >= 0.6 is 46.4 Å². The molecule has 0 fully saturated rings. The fourth-order valence-electron chi connectivity index (χ4n) is 0.927. The predicted molar refractivity (Wildman–Crippen MR) is 61.8 cm³/mol. The number of hydrogen-bond acceptors (Lipinski definition) is 2. The first kappa shape index (κ1) is 12.3. The van der Waals surface area contributed by atoms with E-state index >= 15 is 0 Å². The van der Waals surface area contributed by atoms with E-state index in [2.05, 4.69) is 10.3 Å². The Morgan fingerprint density at radius 2 is 1.64 bits per heavy atom. The van der Waals surface area contributed by atoms with E-state index in [1.807, 2.05) is 6.92 Å². The van der Waals surface area contributed by atoms with Gasteiger partial charge >= 0.3 is 0 Å². The third kappa shape index (κ3) is 2.26. The zero-order valence-corrected chi connectivity index (χ0v) is 10.6. The van der Waals surface area contributed by atoms with Gasteiger partial charge in [0.2, 0.25) is 0 Å². The van der Waals surface area contributed by atoms with Crippen LogP contribution in [0.4, 0.5) is 0 Å². The maximum absolute atomic E-state index is 5.97. The molecule has 0 unspecified atom stereocenters. The van der Waals surface area contributed by atoms with E-state index in [0.29, 0.717) is 10.7 Å². The van der Waals surface area contributed by atoms with E-state index in [9.17, 15) is 0 Å². The Labute approximate surface area is 103 Å². The Hall–Kier alpha value is 0.270. The molecule has 0 aliphatic heterocycles. The van der Waals surface area contributed by atoms with Crippen LogP contribution in [0.15, 0.2) is 0 Å². The van der Waals surface area contributed by atoms with Gasteiger partial charge in [-0.05, 0) is 14.0 Å². The summed E-state index contributed by atoms with van der Waals surface area (Å²) in [5, 5.41) is 3.92. The highest BCUT2D eigenvalue weighted by atomic mass is 35.5. The average Bonchev–Trinajstić information content (AvgIpc) is 2.19. The first-order valence-electron chi connectivity index (χ1n) is 3.86. The summed E-state index contributed by atoms with van der Waals surface area (Å²) in [4.78, 5) is 4.06. The number of hydrogen-bond donors (Lipinski definition) is 1. The van der Waals surface area contributed by atoms with Gasteiger partial charge in [-0.3, -0.25) is 0 Å². The Balaban J connectivity index is 3.33. The third-order valence-electron chi connectivity index (χ3n) is 1.85. The van der Waals surface area contributed by atoms with Gasteiger partial charge in [-0.2, -0.15) is 0 Å². The summed E-state index contributed by atoms with van der Waals surface area (Å²) in [6, 6.07) is -0.0326. The van der Waals surface area contributed by atoms with Crippen molar-refractivity contribution in [3.8, 4) is 0 Å². The maximum Gasteiger partial charge on any atom is 0.149 e. The smallest absolute Gasteiger partial charge is 0.149 e. The molecule has 2 nitrogen and oxygen atoms in total. The second-order valence-corrected chi connectivity index (χ2v) is 4.23. The summed E-state index contributed by atoms with van der Waals surface area (Å²) in [6.45, 7) is 1.90. The average molecular weight is 274 g/mol. The Morgan fingerprint density at radius 3 is 2.14 bits per heavy atom. The highest BCUT2D eigenvalue weighted by molar-refractivity contribution is 6.51. The zero-order valence-electron chi connectivity index (χ0n) is 7.54. The van der Waals surface area contributed by atoms with Crippen molar-refractivity contribution in [2.75, 3.05) is 7.05 Å². The summed E-state index contributed by atoms with van der Waals surface area (Å²) in [7, 11) is 1.79. The van der Waals surface area contributed by atoms with Crippen molar-refractivity contribution in [3.05, 3.63) is 25.9 Å². The van der Waals surface area contributed by atoms with Crippen LogP contribution in [-0.2, 0) is 0 Å². The molecule has 1 aromatic heterocycles. The minimum atomic E-state index is -0.0326. The first-order valence-corrected chi connectivity index (χ1v) is 5.37. The van der Waals surface area contributed by atoms with Gasteiger partial charge in [-0.1, -0.05) is 46.4 Å². The Morgan fingerprint density at radius 1 is 1.07 bits per heavy atom. The minimum Gasteiger partial charge on any atom is -0.312 e. The monoisotopic (exact) mass is 272 g/mol. The summed E-state index contributed by atoms with van der Waals surface area (Å²) in [5.41, 5.74) is 0.591. The predicted octanol–water partition coefficient (Wildman–Crippen LogP) is 3.98. The lowest BCUT2D eigenvalue weighted by atomic mass is 10.2. The zero-order chi connectivity index (χ0) is 10.9. The number of aromatic nitrogens is 1. The van der Waals surface area contributed by atoms with E-state index < -0.39 is 0 Å². The van der Waals surface area contributed by atoms with Crippen molar-refractivity contribution < 1.29 is 0 Å². The number of rotatable bonds is 2. The molecule has 0 saturated carbocycles. The van der Waals surface area contributed by atoms with E-state index in [1.165, 1.54) is 0 Å². The minimum absolute atomic E-state index is 0.0326. The molecular formula is C8H8Cl4N2. The molecule has 0 saturated heterocycles. The number of pyridine rings is 1. The second-order valence-electron chi connectivity index (χ2n) is 2.74. The summed E-state index contributed by atoms with van der Waals surface area (Å²) < 4.78 is 0. The number of halogens is 4. The van der Waals surface area contributed by atoms with Gasteiger partial charge in [0.15, 0.2) is 0 Å². The van der Waals surface area contributed by atoms with Gasteiger partial charge in [-0.25, -0.2) is 4.98 Å². The quantitative estimate of drug-likeness (QED) is 0.825. The lowest BCUT2D eigenvalue weighted by Gasteiger charge is -2.13. The van der Waals surface area contributed by atoms with E-state index in [1.54, 1.807) is 7.05 Å². The van der Waals surface area contributed by atoms with Gasteiger partial charge in [0.25, 0.3) is 0 Å². The van der Waals surface area contributed by atoms with Crippen molar-refractivity contribution in [1.29, 1.82) is 0 Å². The molecule has 1 heterocycles. The lowest BCUT2D eigenvalue weighted by Crippen LogP contribution is -2.14.